The standard InChI is InChI=1S/C20H20ClN5O3/c1-12-2-3-14(21)6-18(12)25-5-4-13(10-25)9-22-17-8-16-15(7-19(17)26(28)29)20(27)24-11-23-16/h2-3,6-8,11,13,22H,4-5,9-10H2,1H3,(H,23,24,27). The average Bonchev–Trinajstić information content (AvgIpc) is 3.16. The summed E-state index contributed by atoms with van der Waals surface area (Å²) in [6.45, 7) is 4.40. The SMILES string of the molecule is Cc1ccc(Cl)cc1N1CCC(CNc2cc3nc[nH]c(=O)c3cc2[N+](=O)[O-])C1. The van der Waals surface area contributed by atoms with E-state index in [0.717, 1.165) is 25.2 Å². The normalized spacial score (nSPS) is 16.3. The first kappa shape index (κ1) is 19.2. The first-order chi connectivity index (χ1) is 13.9. The molecule has 0 aliphatic carbocycles. The van der Waals surface area contributed by atoms with E-state index in [9.17, 15) is 14.9 Å². The lowest BCUT2D eigenvalue weighted by Gasteiger charge is -2.21. The van der Waals surface area contributed by atoms with Crippen molar-refractivity contribution >= 4 is 39.6 Å². The van der Waals surface area contributed by atoms with E-state index in [1.54, 1.807) is 6.07 Å². The van der Waals surface area contributed by atoms with E-state index in [1.807, 2.05) is 18.2 Å². The molecule has 8 nitrogen and oxygen atoms in total. The second-order valence-electron chi connectivity index (χ2n) is 7.29. The van der Waals surface area contributed by atoms with Crippen molar-refractivity contribution in [3.8, 4) is 0 Å². The number of hydrogen-bond acceptors (Lipinski definition) is 6. The van der Waals surface area contributed by atoms with Gasteiger partial charge in [0, 0.05) is 36.4 Å². The molecule has 0 saturated carbocycles. The first-order valence-electron chi connectivity index (χ1n) is 9.33. The Morgan fingerprint density at radius 2 is 2.21 bits per heavy atom. The predicted molar refractivity (Wildman–Crippen MR) is 114 cm³/mol. The third-order valence-electron chi connectivity index (χ3n) is 5.33. The number of aromatic amines is 1. The highest BCUT2D eigenvalue weighted by Gasteiger charge is 2.25. The molecule has 1 aliphatic heterocycles. The van der Waals surface area contributed by atoms with Gasteiger partial charge in [-0.15, -0.1) is 0 Å². The summed E-state index contributed by atoms with van der Waals surface area (Å²) < 4.78 is 0. The Labute approximate surface area is 171 Å². The molecule has 1 unspecified atom stereocenters. The highest BCUT2D eigenvalue weighted by atomic mass is 35.5. The molecule has 0 spiro atoms. The Hall–Kier alpha value is -3.13. The lowest BCUT2D eigenvalue weighted by molar-refractivity contribution is -0.383. The number of nitro groups is 1. The third kappa shape index (κ3) is 3.88. The molecule has 0 radical (unpaired) electrons. The Kier molecular flexibility index (Phi) is 5.10. The van der Waals surface area contributed by atoms with Crippen LogP contribution in [-0.4, -0.2) is 34.5 Å². The second-order valence-corrected chi connectivity index (χ2v) is 7.72. The van der Waals surface area contributed by atoms with Crippen LogP contribution in [0.2, 0.25) is 5.02 Å². The Morgan fingerprint density at radius 1 is 1.38 bits per heavy atom. The van der Waals surface area contributed by atoms with Gasteiger partial charge in [0.2, 0.25) is 0 Å². The highest BCUT2D eigenvalue weighted by Crippen LogP contribution is 2.31. The van der Waals surface area contributed by atoms with Crippen LogP contribution in [0.5, 0.6) is 0 Å². The summed E-state index contributed by atoms with van der Waals surface area (Å²) in [5, 5.41) is 15.6. The largest absolute Gasteiger partial charge is 0.379 e. The minimum Gasteiger partial charge on any atom is -0.379 e. The number of H-pyrrole nitrogens is 1. The minimum atomic E-state index is -0.482. The number of halogens is 1. The van der Waals surface area contributed by atoms with Crippen molar-refractivity contribution in [1.29, 1.82) is 0 Å². The zero-order chi connectivity index (χ0) is 20.5. The molecule has 1 fully saturated rings. The zero-order valence-electron chi connectivity index (χ0n) is 15.8. The van der Waals surface area contributed by atoms with Crippen molar-refractivity contribution in [3.05, 3.63) is 67.7 Å². The maximum atomic E-state index is 11.9. The molecule has 2 N–H and O–H groups in total. The van der Waals surface area contributed by atoms with Crippen molar-refractivity contribution in [3.63, 3.8) is 0 Å². The summed E-state index contributed by atoms with van der Waals surface area (Å²) in [5.41, 5.74) is 2.57. The van der Waals surface area contributed by atoms with Gasteiger partial charge >= 0.3 is 0 Å². The quantitative estimate of drug-likeness (QED) is 0.487. The van der Waals surface area contributed by atoms with Crippen molar-refractivity contribution in [1.82, 2.24) is 9.97 Å². The molecule has 2 aromatic carbocycles. The smallest absolute Gasteiger partial charge is 0.293 e. The summed E-state index contributed by atoms with van der Waals surface area (Å²) in [6, 6.07) is 8.71. The molecule has 29 heavy (non-hydrogen) atoms. The Balaban J connectivity index is 1.51. The Morgan fingerprint density at radius 3 is 3.00 bits per heavy atom. The molecule has 0 amide bonds. The van der Waals surface area contributed by atoms with Gasteiger partial charge in [-0.25, -0.2) is 4.98 Å². The summed E-state index contributed by atoms with van der Waals surface area (Å²) in [6.07, 6.45) is 2.26. The molecule has 4 rings (SSSR count). The van der Waals surface area contributed by atoms with Gasteiger partial charge in [0.15, 0.2) is 0 Å². The van der Waals surface area contributed by atoms with Crippen LogP contribution in [0.1, 0.15) is 12.0 Å². The van der Waals surface area contributed by atoms with Gasteiger partial charge in [-0.1, -0.05) is 17.7 Å². The van der Waals surface area contributed by atoms with Crippen LogP contribution in [0.4, 0.5) is 17.1 Å². The van der Waals surface area contributed by atoms with Crippen LogP contribution in [0.25, 0.3) is 10.9 Å². The Bertz CT molecular complexity index is 1150. The summed E-state index contributed by atoms with van der Waals surface area (Å²) in [4.78, 5) is 31.8. The van der Waals surface area contributed by atoms with Crippen LogP contribution in [0.3, 0.4) is 0 Å². The van der Waals surface area contributed by atoms with Gasteiger partial charge in [-0.3, -0.25) is 14.9 Å². The van der Waals surface area contributed by atoms with Crippen molar-refractivity contribution < 1.29 is 4.92 Å². The number of nitrogens with zero attached hydrogens (tertiary/aromatic N) is 3. The summed E-state index contributed by atoms with van der Waals surface area (Å²) >= 11 is 6.15. The number of hydrogen-bond donors (Lipinski definition) is 2. The van der Waals surface area contributed by atoms with Gasteiger partial charge in [0.1, 0.15) is 5.69 Å². The maximum absolute atomic E-state index is 11.9. The molecular formula is C20H20ClN5O3. The molecule has 2 heterocycles. The number of fused-ring (bicyclic) bond motifs is 1. The molecule has 1 aliphatic rings. The van der Waals surface area contributed by atoms with Crippen LogP contribution >= 0.6 is 11.6 Å². The number of rotatable bonds is 5. The van der Waals surface area contributed by atoms with E-state index in [4.69, 9.17) is 11.6 Å². The van der Waals surface area contributed by atoms with Gasteiger partial charge < -0.3 is 15.2 Å². The fourth-order valence-electron chi connectivity index (χ4n) is 3.79. The lowest BCUT2D eigenvalue weighted by Crippen LogP contribution is -2.23. The second kappa shape index (κ2) is 7.71. The average molecular weight is 414 g/mol. The third-order valence-corrected chi connectivity index (χ3v) is 5.57. The van der Waals surface area contributed by atoms with E-state index in [-0.39, 0.29) is 11.1 Å². The monoisotopic (exact) mass is 413 g/mol. The molecule has 3 aromatic rings. The number of benzene rings is 2. The van der Waals surface area contributed by atoms with Gasteiger partial charge in [-0.2, -0.15) is 0 Å². The van der Waals surface area contributed by atoms with Gasteiger partial charge in [0.25, 0.3) is 11.2 Å². The first-order valence-corrected chi connectivity index (χ1v) is 9.71. The van der Waals surface area contributed by atoms with E-state index in [1.165, 1.54) is 18.0 Å². The fourth-order valence-corrected chi connectivity index (χ4v) is 3.96. The minimum absolute atomic E-state index is 0.128. The van der Waals surface area contributed by atoms with Crippen molar-refractivity contribution in [2.75, 3.05) is 29.9 Å². The molecule has 9 heteroatoms. The molecule has 150 valence electrons. The van der Waals surface area contributed by atoms with E-state index in [2.05, 4.69) is 27.1 Å². The number of aromatic nitrogens is 2. The molecule has 1 saturated heterocycles. The predicted octanol–water partition coefficient (Wildman–Crippen LogP) is 3.73. The van der Waals surface area contributed by atoms with Crippen LogP contribution < -0.4 is 15.8 Å². The molecule has 1 atom stereocenters. The lowest BCUT2D eigenvalue weighted by atomic mass is 10.1. The number of nitrogens with one attached hydrogen (secondary N) is 2. The highest BCUT2D eigenvalue weighted by molar-refractivity contribution is 6.30. The fraction of sp³-hybridized carbons (Fsp3) is 0.300. The summed E-state index contributed by atoms with van der Waals surface area (Å²) in [5.74, 6) is 0.329. The van der Waals surface area contributed by atoms with Crippen LogP contribution in [0.15, 0.2) is 41.5 Å². The van der Waals surface area contributed by atoms with E-state index in [0.29, 0.717) is 28.7 Å². The van der Waals surface area contributed by atoms with E-state index >= 15 is 0 Å². The van der Waals surface area contributed by atoms with Crippen LogP contribution in [-0.2, 0) is 0 Å². The molecule has 0 bridgehead atoms. The summed E-state index contributed by atoms with van der Waals surface area (Å²) in [7, 11) is 0. The number of nitro benzene ring substituents is 1. The van der Waals surface area contributed by atoms with E-state index < -0.39 is 10.5 Å². The molecule has 1 aromatic heterocycles. The van der Waals surface area contributed by atoms with Crippen molar-refractivity contribution in [2.24, 2.45) is 5.92 Å². The maximum Gasteiger partial charge on any atom is 0.293 e. The molecular weight excluding hydrogens is 394 g/mol. The topological polar surface area (TPSA) is 104 Å². The van der Waals surface area contributed by atoms with Crippen LogP contribution in [0, 0.1) is 23.0 Å². The van der Waals surface area contributed by atoms with Gasteiger partial charge in [0.05, 0.1) is 22.2 Å². The zero-order valence-corrected chi connectivity index (χ0v) is 16.6. The van der Waals surface area contributed by atoms with Gasteiger partial charge in [-0.05, 0) is 43.0 Å². The number of aryl methyl sites for hydroxylation is 1. The number of anilines is 2. The van der Waals surface area contributed by atoms with Crippen molar-refractivity contribution in [2.45, 2.75) is 13.3 Å².